The molecule has 1 aromatic rings. The minimum absolute atomic E-state index is 0.00414. The Bertz CT molecular complexity index is 603. The fraction of sp³-hybridized carbons (Fsp3) is 0.462. The van der Waals surface area contributed by atoms with Crippen LogP contribution in [0.1, 0.15) is 13.3 Å². The Balaban J connectivity index is 1.91. The topological polar surface area (TPSA) is 63.2 Å². The SMILES string of the molecule is C[C@@H](Sc1ccccc1F)C(=O)N[C@@H]1CCS(=O)(=O)C1. The summed E-state index contributed by atoms with van der Waals surface area (Å²) < 4.78 is 36.1. The molecule has 1 amide bonds. The average molecular weight is 317 g/mol. The maximum absolute atomic E-state index is 13.5. The molecule has 1 heterocycles. The number of hydrogen-bond donors (Lipinski definition) is 1. The summed E-state index contributed by atoms with van der Waals surface area (Å²) in [5.74, 6) is -0.510. The van der Waals surface area contributed by atoms with E-state index in [2.05, 4.69) is 5.32 Å². The molecule has 1 N–H and O–H groups in total. The van der Waals surface area contributed by atoms with Gasteiger partial charge in [0.1, 0.15) is 5.82 Å². The lowest BCUT2D eigenvalue weighted by molar-refractivity contribution is -0.120. The molecule has 0 bridgehead atoms. The number of benzene rings is 1. The zero-order chi connectivity index (χ0) is 14.8. The zero-order valence-electron chi connectivity index (χ0n) is 11.0. The number of amides is 1. The standard InChI is InChI=1S/C13H16FNO3S2/c1-9(19-12-5-3-2-4-11(12)14)13(16)15-10-6-7-20(17,18)8-10/h2-5,9-10H,6-8H2,1H3,(H,15,16)/t9-,10-/m1/s1. The van der Waals surface area contributed by atoms with Crippen LogP contribution in [0, 0.1) is 5.82 Å². The highest BCUT2D eigenvalue weighted by Gasteiger charge is 2.30. The Morgan fingerprint density at radius 2 is 2.15 bits per heavy atom. The lowest BCUT2D eigenvalue weighted by Crippen LogP contribution is -2.39. The second kappa shape index (κ2) is 6.13. The van der Waals surface area contributed by atoms with Gasteiger partial charge in [-0.3, -0.25) is 4.79 Å². The Morgan fingerprint density at radius 1 is 1.45 bits per heavy atom. The Kier molecular flexibility index (Phi) is 4.70. The first-order chi connectivity index (χ1) is 9.37. The van der Waals surface area contributed by atoms with E-state index in [1.54, 1.807) is 25.1 Å². The molecule has 1 aliphatic heterocycles. The summed E-state index contributed by atoms with van der Waals surface area (Å²) in [4.78, 5) is 12.4. The van der Waals surface area contributed by atoms with Crippen molar-refractivity contribution in [1.29, 1.82) is 0 Å². The van der Waals surface area contributed by atoms with Crippen molar-refractivity contribution in [2.75, 3.05) is 11.5 Å². The van der Waals surface area contributed by atoms with Gasteiger partial charge in [-0.1, -0.05) is 12.1 Å². The number of nitrogens with one attached hydrogen (secondary N) is 1. The number of carbonyl (C=O) groups is 1. The van der Waals surface area contributed by atoms with E-state index in [1.165, 1.54) is 6.07 Å². The third-order valence-corrected chi connectivity index (χ3v) is 6.01. The number of thioether (sulfide) groups is 1. The molecule has 1 saturated heterocycles. The fourth-order valence-electron chi connectivity index (χ4n) is 2.01. The van der Waals surface area contributed by atoms with Crippen LogP contribution in [-0.2, 0) is 14.6 Å². The van der Waals surface area contributed by atoms with Crippen molar-refractivity contribution in [3.8, 4) is 0 Å². The molecule has 1 aromatic carbocycles. The molecule has 1 fully saturated rings. The van der Waals surface area contributed by atoms with Crippen LogP contribution in [0.4, 0.5) is 4.39 Å². The molecule has 110 valence electrons. The summed E-state index contributed by atoms with van der Waals surface area (Å²) in [6, 6.07) is 5.93. The van der Waals surface area contributed by atoms with Crippen molar-refractivity contribution in [3.63, 3.8) is 0 Å². The van der Waals surface area contributed by atoms with Gasteiger partial charge >= 0.3 is 0 Å². The number of halogens is 1. The van der Waals surface area contributed by atoms with Crippen molar-refractivity contribution >= 4 is 27.5 Å². The van der Waals surface area contributed by atoms with Gasteiger partial charge in [0.25, 0.3) is 0 Å². The largest absolute Gasteiger partial charge is 0.351 e. The molecular formula is C13H16FNO3S2. The highest BCUT2D eigenvalue weighted by molar-refractivity contribution is 8.00. The molecule has 2 atom stereocenters. The van der Waals surface area contributed by atoms with E-state index in [4.69, 9.17) is 0 Å². The number of carbonyl (C=O) groups excluding carboxylic acids is 1. The van der Waals surface area contributed by atoms with Crippen LogP contribution in [-0.4, -0.2) is 37.1 Å². The van der Waals surface area contributed by atoms with Crippen LogP contribution in [0.2, 0.25) is 0 Å². The van der Waals surface area contributed by atoms with Gasteiger partial charge in [0.15, 0.2) is 9.84 Å². The second-order valence-corrected chi connectivity index (χ2v) is 8.41. The first-order valence-electron chi connectivity index (χ1n) is 6.29. The van der Waals surface area contributed by atoms with E-state index in [0.29, 0.717) is 11.3 Å². The van der Waals surface area contributed by atoms with Crippen LogP contribution < -0.4 is 5.32 Å². The third kappa shape index (κ3) is 3.96. The van der Waals surface area contributed by atoms with Gasteiger partial charge in [0.05, 0.1) is 16.8 Å². The quantitative estimate of drug-likeness (QED) is 0.857. The van der Waals surface area contributed by atoms with Gasteiger partial charge < -0.3 is 5.32 Å². The van der Waals surface area contributed by atoms with Crippen molar-refractivity contribution in [3.05, 3.63) is 30.1 Å². The van der Waals surface area contributed by atoms with E-state index in [9.17, 15) is 17.6 Å². The van der Waals surface area contributed by atoms with E-state index in [1.807, 2.05) is 0 Å². The summed E-state index contributed by atoms with van der Waals surface area (Å²) in [5.41, 5.74) is 0. The smallest absolute Gasteiger partial charge is 0.233 e. The summed E-state index contributed by atoms with van der Waals surface area (Å²) in [6.07, 6.45) is 0.450. The highest BCUT2D eigenvalue weighted by Crippen LogP contribution is 2.26. The molecule has 0 spiro atoms. The number of rotatable bonds is 4. The monoisotopic (exact) mass is 317 g/mol. The Morgan fingerprint density at radius 3 is 2.75 bits per heavy atom. The van der Waals surface area contributed by atoms with E-state index >= 15 is 0 Å². The maximum atomic E-state index is 13.5. The normalized spacial score (nSPS) is 22.4. The van der Waals surface area contributed by atoms with Crippen molar-refractivity contribution < 1.29 is 17.6 Å². The van der Waals surface area contributed by atoms with Crippen molar-refractivity contribution in [1.82, 2.24) is 5.32 Å². The van der Waals surface area contributed by atoms with Crippen LogP contribution in [0.15, 0.2) is 29.2 Å². The molecule has 0 aliphatic carbocycles. The molecule has 0 aromatic heterocycles. The van der Waals surface area contributed by atoms with Gasteiger partial charge in [-0.2, -0.15) is 0 Å². The average Bonchev–Trinajstić information content (AvgIpc) is 2.71. The third-order valence-electron chi connectivity index (χ3n) is 3.09. The molecule has 0 unspecified atom stereocenters. The summed E-state index contributed by atoms with van der Waals surface area (Å²) >= 11 is 1.13. The molecule has 0 radical (unpaired) electrons. The molecule has 4 nitrogen and oxygen atoms in total. The zero-order valence-corrected chi connectivity index (χ0v) is 12.6. The van der Waals surface area contributed by atoms with Gasteiger partial charge in [-0.05, 0) is 25.5 Å². The van der Waals surface area contributed by atoms with Gasteiger partial charge in [-0.25, -0.2) is 12.8 Å². The predicted octanol–water partition coefficient (Wildman–Crippen LogP) is 1.61. The minimum Gasteiger partial charge on any atom is -0.351 e. The minimum atomic E-state index is -3.01. The van der Waals surface area contributed by atoms with Crippen LogP contribution >= 0.6 is 11.8 Å². The van der Waals surface area contributed by atoms with Gasteiger partial charge in [0, 0.05) is 10.9 Å². The maximum Gasteiger partial charge on any atom is 0.233 e. The van der Waals surface area contributed by atoms with Crippen molar-refractivity contribution in [2.45, 2.75) is 29.5 Å². The summed E-state index contributed by atoms with van der Waals surface area (Å²) in [5, 5.41) is 2.24. The number of sulfone groups is 1. The Hall–Kier alpha value is -1.08. The fourth-order valence-corrected chi connectivity index (χ4v) is 4.58. The number of hydrogen-bond acceptors (Lipinski definition) is 4. The molecule has 1 aliphatic rings. The molecule has 0 saturated carbocycles. The first kappa shape index (κ1) is 15.3. The van der Waals surface area contributed by atoms with Crippen LogP contribution in [0.3, 0.4) is 0 Å². The summed E-state index contributed by atoms with van der Waals surface area (Å²) in [6.45, 7) is 1.68. The second-order valence-electron chi connectivity index (χ2n) is 4.80. The van der Waals surface area contributed by atoms with E-state index in [-0.39, 0.29) is 29.3 Å². The molecule has 7 heteroatoms. The van der Waals surface area contributed by atoms with E-state index in [0.717, 1.165) is 11.8 Å². The van der Waals surface area contributed by atoms with Gasteiger partial charge in [-0.15, -0.1) is 11.8 Å². The predicted molar refractivity (Wildman–Crippen MR) is 76.9 cm³/mol. The lowest BCUT2D eigenvalue weighted by Gasteiger charge is -2.15. The Labute approximate surface area is 122 Å². The molecular weight excluding hydrogens is 301 g/mol. The van der Waals surface area contributed by atoms with Crippen molar-refractivity contribution in [2.24, 2.45) is 0 Å². The summed E-state index contributed by atoms with van der Waals surface area (Å²) in [7, 11) is -3.01. The lowest BCUT2D eigenvalue weighted by atomic mass is 10.2. The first-order valence-corrected chi connectivity index (χ1v) is 8.99. The molecule has 20 heavy (non-hydrogen) atoms. The molecule has 2 rings (SSSR count). The van der Waals surface area contributed by atoms with Crippen LogP contribution in [0.5, 0.6) is 0 Å². The van der Waals surface area contributed by atoms with Crippen LogP contribution in [0.25, 0.3) is 0 Å². The van der Waals surface area contributed by atoms with Gasteiger partial charge in [0.2, 0.25) is 5.91 Å². The highest BCUT2D eigenvalue weighted by atomic mass is 32.2. The van der Waals surface area contributed by atoms with E-state index < -0.39 is 15.1 Å².